The molecule has 1 aromatic heterocycles. The largest absolute Gasteiger partial charge is 0.436 e. The van der Waals surface area contributed by atoms with Crippen molar-refractivity contribution in [3.05, 3.63) is 47.0 Å². The van der Waals surface area contributed by atoms with Crippen LogP contribution in [0.3, 0.4) is 0 Å². The Morgan fingerprint density at radius 3 is 2.79 bits per heavy atom. The highest BCUT2D eigenvalue weighted by Gasteiger charge is 2.11. The predicted molar refractivity (Wildman–Crippen MR) is 99.2 cm³/mol. The van der Waals surface area contributed by atoms with Crippen molar-refractivity contribution in [1.29, 1.82) is 0 Å². The first-order valence-corrected chi connectivity index (χ1v) is 7.96. The van der Waals surface area contributed by atoms with Crippen LogP contribution in [0, 0.1) is 6.92 Å². The van der Waals surface area contributed by atoms with Gasteiger partial charge in [0.15, 0.2) is 10.7 Å². The first-order chi connectivity index (χ1) is 11.4. The first-order valence-electron chi connectivity index (χ1n) is 7.18. The van der Waals surface area contributed by atoms with Gasteiger partial charge in [-0.15, -0.1) is 0 Å². The molecule has 7 heteroatoms. The molecule has 0 saturated heterocycles. The molecule has 0 radical (unpaired) electrons. The molecule has 0 atom stereocenters. The molecule has 0 spiro atoms. The predicted octanol–water partition coefficient (Wildman–Crippen LogP) is 4.29. The number of aromatic nitrogens is 1. The maximum atomic E-state index is 11.1. The molecule has 1 heterocycles. The SMILES string of the molecule is CC(=O)NC(=S)Nc1cc(-c2nc3cc(Cl)ccc3o2)ccc1C. The summed E-state index contributed by atoms with van der Waals surface area (Å²) in [5, 5.41) is 6.39. The van der Waals surface area contributed by atoms with E-state index in [4.69, 9.17) is 28.2 Å². The molecule has 2 aromatic carbocycles. The molecule has 122 valence electrons. The normalized spacial score (nSPS) is 10.6. The van der Waals surface area contributed by atoms with E-state index in [2.05, 4.69) is 15.6 Å². The number of nitrogens with one attached hydrogen (secondary N) is 2. The topological polar surface area (TPSA) is 67.2 Å². The third-order valence-electron chi connectivity index (χ3n) is 3.37. The van der Waals surface area contributed by atoms with Crippen LogP contribution in [-0.2, 0) is 4.79 Å². The average Bonchev–Trinajstić information content (AvgIpc) is 2.91. The Morgan fingerprint density at radius 1 is 1.25 bits per heavy atom. The molecule has 0 fully saturated rings. The summed E-state index contributed by atoms with van der Waals surface area (Å²) >= 11 is 11.1. The molecule has 0 bridgehead atoms. The minimum Gasteiger partial charge on any atom is -0.436 e. The van der Waals surface area contributed by atoms with Gasteiger partial charge in [-0.2, -0.15) is 0 Å². The molecule has 0 aliphatic carbocycles. The van der Waals surface area contributed by atoms with Gasteiger partial charge >= 0.3 is 0 Å². The van der Waals surface area contributed by atoms with Gasteiger partial charge in [0.1, 0.15) is 5.52 Å². The molecular formula is C17H14ClN3O2S. The van der Waals surface area contributed by atoms with Crippen molar-refractivity contribution >= 4 is 51.6 Å². The molecular weight excluding hydrogens is 346 g/mol. The summed E-state index contributed by atoms with van der Waals surface area (Å²) in [6.07, 6.45) is 0. The van der Waals surface area contributed by atoms with E-state index in [0.29, 0.717) is 22.0 Å². The standard InChI is InChI=1S/C17H14ClN3O2S/c1-9-3-4-11(7-13(9)21-17(24)19-10(2)22)16-20-14-8-12(18)5-6-15(14)23-16/h3-8H,1-2H3,(H2,19,21,22,24). The van der Waals surface area contributed by atoms with Crippen molar-refractivity contribution in [1.82, 2.24) is 10.3 Å². The number of benzene rings is 2. The van der Waals surface area contributed by atoms with Gasteiger partial charge in [0, 0.05) is 23.2 Å². The summed E-state index contributed by atoms with van der Waals surface area (Å²) in [6, 6.07) is 11.0. The summed E-state index contributed by atoms with van der Waals surface area (Å²) in [5.41, 5.74) is 3.90. The summed E-state index contributed by atoms with van der Waals surface area (Å²) in [4.78, 5) is 15.5. The third kappa shape index (κ3) is 3.55. The number of aryl methyl sites for hydroxylation is 1. The van der Waals surface area contributed by atoms with Gasteiger partial charge in [0.2, 0.25) is 11.8 Å². The van der Waals surface area contributed by atoms with Crippen LogP contribution < -0.4 is 10.6 Å². The van der Waals surface area contributed by atoms with Gasteiger partial charge < -0.3 is 15.1 Å². The smallest absolute Gasteiger partial charge is 0.227 e. The highest BCUT2D eigenvalue weighted by molar-refractivity contribution is 7.80. The highest BCUT2D eigenvalue weighted by atomic mass is 35.5. The highest BCUT2D eigenvalue weighted by Crippen LogP contribution is 2.29. The maximum absolute atomic E-state index is 11.1. The summed E-state index contributed by atoms with van der Waals surface area (Å²) in [5.74, 6) is 0.262. The Hall–Kier alpha value is -2.44. The number of oxazole rings is 1. The lowest BCUT2D eigenvalue weighted by molar-refractivity contribution is -0.117. The minimum absolute atomic E-state index is 0.225. The Labute approximate surface area is 149 Å². The zero-order chi connectivity index (χ0) is 17.3. The van der Waals surface area contributed by atoms with E-state index in [1.165, 1.54) is 6.92 Å². The molecule has 24 heavy (non-hydrogen) atoms. The van der Waals surface area contributed by atoms with Crippen molar-refractivity contribution in [3.63, 3.8) is 0 Å². The van der Waals surface area contributed by atoms with Crippen molar-refractivity contribution in [2.45, 2.75) is 13.8 Å². The Bertz CT molecular complexity index is 952. The fourth-order valence-electron chi connectivity index (χ4n) is 2.23. The molecule has 3 aromatic rings. The van der Waals surface area contributed by atoms with Crippen molar-refractivity contribution in [2.24, 2.45) is 0 Å². The molecule has 1 amide bonds. The van der Waals surface area contributed by atoms with E-state index >= 15 is 0 Å². The summed E-state index contributed by atoms with van der Waals surface area (Å²) in [6.45, 7) is 3.34. The van der Waals surface area contributed by atoms with E-state index in [1.807, 2.05) is 25.1 Å². The lowest BCUT2D eigenvalue weighted by Crippen LogP contribution is -2.32. The lowest BCUT2D eigenvalue weighted by Gasteiger charge is -2.11. The van der Waals surface area contributed by atoms with Gasteiger partial charge in [-0.25, -0.2) is 4.98 Å². The second-order valence-electron chi connectivity index (χ2n) is 5.30. The number of thiocarbonyl (C=S) groups is 1. The number of rotatable bonds is 2. The van der Waals surface area contributed by atoms with Crippen molar-refractivity contribution in [3.8, 4) is 11.5 Å². The Morgan fingerprint density at radius 2 is 2.04 bits per heavy atom. The zero-order valence-corrected chi connectivity index (χ0v) is 14.6. The number of hydrogen-bond acceptors (Lipinski definition) is 4. The number of amides is 1. The van der Waals surface area contributed by atoms with Crippen molar-refractivity contribution in [2.75, 3.05) is 5.32 Å². The van der Waals surface area contributed by atoms with Crippen LogP contribution in [0.5, 0.6) is 0 Å². The number of carbonyl (C=O) groups is 1. The van der Waals surface area contributed by atoms with Crippen LogP contribution in [0.4, 0.5) is 5.69 Å². The number of fused-ring (bicyclic) bond motifs is 1. The van der Waals surface area contributed by atoms with E-state index in [1.54, 1.807) is 18.2 Å². The molecule has 0 aliphatic rings. The number of carbonyl (C=O) groups excluding carboxylic acids is 1. The van der Waals surface area contributed by atoms with Gasteiger partial charge in [-0.3, -0.25) is 4.79 Å². The van der Waals surface area contributed by atoms with E-state index < -0.39 is 0 Å². The molecule has 0 saturated carbocycles. The fraction of sp³-hybridized carbons (Fsp3) is 0.118. The van der Waals surface area contributed by atoms with Crippen molar-refractivity contribution < 1.29 is 9.21 Å². The number of nitrogens with zero attached hydrogens (tertiary/aromatic N) is 1. The first kappa shape index (κ1) is 16.4. The van der Waals surface area contributed by atoms with Gasteiger partial charge in [-0.1, -0.05) is 17.7 Å². The number of hydrogen-bond donors (Lipinski definition) is 2. The zero-order valence-electron chi connectivity index (χ0n) is 13.0. The van der Waals surface area contributed by atoms with Crippen LogP contribution >= 0.6 is 23.8 Å². The Kier molecular flexibility index (Phi) is 4.51. The third-order valence-corrected chi connectivity index (χ3v) is 3.81. The second-order valence-corrected chi connectivity index (χ2v) is 6.14. The minimum atomic E-state index is -0.225. The van der Waals surface area contributed by atoms with Crippen LogP contribution in [0.15, 0.2) is 40.8 Å². The number of halogens is 1. The molecule has 2 N–H and O–H groups in total. The van der Waals surface area contributed by atoms with Crippen LogP contribution in [0.2, 0.25) is 5.02 Å². The van der Waals surface area contributed by atoms with Crippen LogP contribution in [-0.4, -0.2) is 16.0 Å². The average molecular weight is 360 g/mol. The molecule has 0 aliphatic heterocycles. The van der Waals surface area contributed by atoms with Crippen LogP contribution in [0.1, 0.15) is 12.5 Å². The fourth-order valence-corrected chi connectivity index (χ4v) is 2.65. The quantitative estimate of drug-likeness (QED) is 0.668. The molecule has 5 nitrogen and oxygen atoms in total. The monoisotopic (exact) mass is 359 g/mol. The number of anilines is 1. The van der Waals surface area contributed by atoms with Crippen LogP contribution in [0.25, 0.3) is 22.6 Å². The summed E-state index contributed by atoms with van der Waals surface area (Å²) < 4.78 is 5.77. The maximum Gasteiger partial charge on any atom is 0.227 e. The second kappa shape index (κ2) is 6.59. The van der Waals surface area contributed by atoms with E-state index in [9.17, 15) is 4.79 Å². The molecule has 0 unspecified atom stereocenters. The van der Waals surface area contributed by atoms with E-state index in [0.717, 1.165) is 16.8 Å². The lowest BCUT2D eigenvalue weighted by atomic mass is 10.1. The molecule has 3 rings (SSSR count). The van der Waals surface area contributed by atoms with Gasteiger partial charge in [-0.05, 0) is 55.0 Å². The van der Waals surface area contributed by atoms with Gasteiger partial charge in [0.05, 0.1) is 0 Å². The van der Waals surface area contributed by atoms with E-state index in [-0.39, 0.29) is 11.0 Å². The Balaban J connectivity index is 1.94. The summed E-state index contributed by atoms with van der Waals surface area (Å²) in [7, 11) is 0. The van der Waals surface area contributed by atoms with Gasteiger partial charge in [0.25, 0.3) is 0 Å².